The zero-order chi connectivity index (χ0) is 25.5. The van der Waals surface area contributed by atoms with Gasteiger partial charge in [-0.15, -0.1) is 0 Å². The number of hydrogen-bond acceptors (Lipinski definition) is 2. The van der Waals surface area contributed by atoms with Crippen LogP contribution in [-0.4, -0.2) is 21.1 Å². The maximum Gasteiger partial charge on any atom is 0.128 e. The fourth-order valence-electron chi connectivity index (χ4n) is 5.25. The molecular formula is C30H25Cl2N3OS. The Kier molecular flexibility index (Phi) is 6.45. The van der Waals surface area contributed by atoms with Crippen molar-refractivity contribution in [1.29, 1.82) is 0 Å². The van der Waals surface area contributed by atoms with Crippen molar-refractivity contribution in [3.63, 3.8) is 0 Å². The summed E-state index contributed by atoms with van der Waals surface area (Å²) in [6.07, 6.45) is 5.42. The topological polar surface area (TPSA) is 30.6 Å². The highest BCUT2D eigenvalue weighted by Crippen LogP contribution is 2.40. The van der Waals surface area contributed by atoms with Crippen molar-refractivity contribution >= 4 is 51.7 Å². The van der Waals surface area contributed by atoms with E-state index >= 15 is 0 Å². The second-order valence-corrected chi connectivity index (χ2v) is 10.5. The number of methoxy groups -OCH3 is 1. The number of rotatable bonds is 5. The van der Waals surface area contributed by atoms with Gasteiger partial charge in [-0.2, -0.15) is 0 Å². The Labute approximate surface area is 231 Å². The van der Waals surface area contributed by atoms with Gasteiger partial charge < -0.3 is 14.6 Å². The highest BCUT2D eigenvalue weighted by atomic mass is 35.5. The summed E-state index contributed by atoms with van der Waals surface area (Å²) < 4.78 is 10.0. The molecule has 1 aliphatic rings. The average Bonchev–Trinajstić information content (AvgIpc) is 3.33. The van der Waals surface area contributed by atoms with Gasteiger partial charge in [-0.1, -0.05) is 59.7 Å². The van der Waals surface area contributed by atoms with Crippen LogP contribution in [0.4, 0.5) is 5.69 Å². The monoisotopic (exact) mass is 545 g/mol. The predicted molar refractivity (Wildman–Crippen MR) is 158 cm³/mol. The minimum absolute atomic E-state index is 0.664. The molecular weight excluding hydrogens is 521 g/mol. The summed E-state index contributed by atoms with van der Waals surface area (Å²) in [6, 6.07) is 23.9. The number of thiocarbonyl (C=S) groups is 1. The summed E-state index contributed by atoms with van der Waals surface area (Å²) in [5.41, 5.74) is 8.97. The molecule has 5 aromatic rings. The van der Waals surface area contributed by atoms with Gasteiger partial charge in [0, 0.05) is 39.6 Å². The molecule has 0 atom stereocenters. The third-order valence-electron chi connectivity index (χ3n) is 6.97. The minimum Gasteiger partial charge on any atom is -0.497 e. The molecule has 0 unspecified atom stereocenters. The maximum absolute atomic E-state index is 6.26. The zero-order valence-corrected chi connectivity index (χ0v) is 22.6. The average molecular weight is 547 g/mol. The Hall–Kier alpha value is -3.25. The van der Waals surface area contributed by atoms with E-state index in [2.05, 4.69) is 44.7 Å². The molecule has 6 rings (SSSR count). The standard InChI is InChI=1S/C30H25Cl2N3OS/c1-36-24-15-13-23(14-16-24)33-29(37)28-27(20-7-11-22(32)12-8-20)25-4-2-3-17-34-26(18-35(28)30(25)34)19-5-9-21(31)10-6-19/h5-16,18H,2-4,17H2,1H3,(H,33,37). The third-order valence-corrected chi connectivity index (χ3v) is 7.77. The summed E-state index contributed by atoms with van der Waals surface area (Å²) in [5, 5.41) is 4.92. The van der Waals surface area contributed by atoms with Gasteiger partial charge in [0.15, 0.2) is 0 Å². The van der Waals surface area contributed by atoms with Crippen LogP contribution in [-0.2, 0) is 13.0 Å². The van der Waals surface area contributed by atoms with Gasteiger partial charge in [0.2, 0.25) is 0 Å². The third kappa shape index (κ3) is 4.42. The number of nitrogens with one attached hydrogen (secondary N) is 1. The lowest BCUT2D eigenvalue weighted by Crippen LogP contribution is -2.14. The summed E-state index contributed by atoms with van der Waals surface area (Å²) in [5.74, 6) is 0.803. The van der Waals surface area contributed by atoms with E-state index in [4.69, 9.17) is 40.2 Å². The zero-order valence-electron chi connectivity index (χ0n) is 20.3. The fraction of sp³-hybridized carbons (Fsp3) is 0.167. The van der Waals surface area contributed by atoms with E-state index in [9.17, 15) is 0 Å². The Morgan fingerprint density at radius 2 is 1.51 bits per heavy atom. The number of hydrogen-bond donors (Lipinski definition) is 1. The Balaban J connectivity index is 1.57. The van der Waals surface area contributed by atoms with Crippen molar-refractivity contribution in [2.45, 2.75) is 25.8 Å². The van der Waals surface area contributed by atoms with Gasteiger partial charge in [-0.25, -0.2) is 0 Å². The van der Waals surface area contributed by atoms with E-state index < -0.39 is 0 Å². The first-order valence-corrected chi connectivity index (χ1v) is 13.4. The van der Waals surface area contributed by atoms with Crippen LogP contribution >= 0.6 is 35.4 Å². The largest absolute Gasteiger partial charge is 0.497 e. The van der Waals surface area contributed by atoms with Crippen LogP contribution < -0.4 is 10.1 Å². The molecule has 0 bridgehead atoms. The van der Waals surface area contributed by atoms with E-state index in [-0.39, 0.29) is 0 Å². The van der Waals surface area contributed by atoms with Gasteiger partial charge in [0.05, 0.1) is 18.5 Å². The van der Waals surface area contributed by atoms with Crippen LogP contribution in [0.15, 0.2) is 79.0 Å². The Morgan fingerprint density at radius 1 is 0.865 bits per heavy atom. The van der Waals surface area contributed by atoms with Gasteiger partial charge in [0.25, 0.3) is 0 Å². The van der Waals surface area contributed by atoms with E-state index in [0.29, 0.717) is 10.0 Å². The fourth-order valence-corrected chi connectivity index (χ4v) is 5.82. The molecule has 37 heavy (non-hydrogen) atoms. The van der Waals surface area contributed by atoms with Crippen molar-refractivity contribution in [1.82, 2.24) is 8.97 Å². The predicted octanol–water partition coefficient (Wildman–Crippen LogP) is 8.51. The summed E-state index contributed by atoms with van der Waals surface area (Å²) in [6.45, 7) is 0.948. The lowest BCUT2D eigenvalue weighted by Gasteiger charge is -2.13. The number of aryl methyl sites for hydroxylation is 2. The maximum atomic E-state index is 6.26. The summed E-state index contributed by atoms with van der Waals surface area (Å²) in [7, 11) is 1.66. The van der Waals surface area contributed by atoms with E-state index in [1.165, 1.54) is 11.2 Å². The van der Waals surface area contributed by atoms with Crippen molar-refractivity contribution in [2.75, 3.05) is 12.4 Å². The molecule has 1 aliphatic heterocycles. The van der Waals surface area contributed by atoms with Crippen molar-refractivity contribution in [3.8, 4) is 28.1 Å². The quantitative estimate of drug-likeness (QED) is 0.224. The van der Waals surface area contributed by atoms with Crippen molar-refractivity contribution < 1.29 is 4.74 Å². The van der Waals surface area contributed by atoms with Crippen LogP contribution in [0, 0.1) is 0 Å². The number of halogens is 2. The smallest absolute Gasteiger partial charge is 0.128 e. The highest BCUT2D eigenvalue weighted by molar-refractivity contribution is 7.81. The van der Waals surface area contributed by atoms with E-state index in [1.54, 1.807) is 7.11 Å². The van der Waals surface area contributed by atoms with Crippen LogP contribution in [0.3, 0.4) is 0 Å². The first kappa shape index (κ1) is 24.1. The van der Waals surface area contributed by atoms with Crippen LogP contribution in [0.2, 0.25) is 10.0 Å². The number of nitrogens with zero attached hydrogens (tertiary/aromatic N) is 2. The van der Waals surface area contributed by atoms with Crippen molar-refractivity contribution in [2.24, 2.45) is 0 Å². The molecule has 0 fully saturated rings. The van der Waals surface area contributed by atoms with Gasteiger partial charge in [0.1, 0.15) is 16.4 Å². The first-order valence-electron chi connectivity index (χ1n) is 12.3. The van der Waals surface area contributed by atoms with Crippen LogP contribution in [0.1, 0.15) is 24.1 Å². The number of aromatic nitrogens is 2. The molecule has 3 heterocycles. The lowest BCUT2D eigenvalue weighted by atomic mass is 9.98. The molecule has 2 aromatic heterocycles. The minimum atomic E-state index is 0.664. The molecule has 0 aliphatic carbocycles. The lowest BCUT2D eigenvalue weighted by molar-refractivity contribution is 0.415. The number of anilines is 1. The number of ether oxygens (including phenoxy) is 1. The van der Waals surface area contributed by atoms with Crippen LogP contribution in [0.5, 0.6) is 5.75 Å². The molecule has 7 heteroatoms. The molecule has 0 saturated heterocycles. The molecule has 3 aromatic carbocycles. The SMILES string of the molecule is COc1ccc(NC(=S)c2c(-c3ccc(Cl)cc3)c3c4n(c(-c5ccc(Cl)cc5)cn24)CCCC3)cc1. The van der Waals surface area contributed by atoms with Gasteiger partial charge >= 0.3 is 0 Å². The van der Waals surface area contributed by atoms with E-state index in [0.717, 1.165) is 70.3 Å². The van der Waals surface area contributed by atoms with Gasteiger partial charge in [-0.05, 0) is 78.9 Å². The second-order valence-electron chi connectivity index (χ2n) is 9.22. The number of benzene rings is 3. The summed E-state index contributed by atoms with van der Waals surface area (Å²) in [4.78, 5) is 0.664. The number of imidazole rings is 1. The van der Waals surface area contributed by atoms with Gasteiger partial charge in [-0.3, -0.25) is 4.40 Å². The Bertz CT molecular complexity index is 1600. The summed E-state index contributed by atoms with van der Waals surface area (Å²) >= 11 is 18.6. The molecule has 0 amide bonds. The normalized spacial score (nSPS) is 12.9. The first-order chi connectivity index (χ1) is 18.0. The highest BCUT2D eigenvalue weighted by Gasteiger charge is 2.28. The molecule has 4 nitrogen and oxygen atoms in total. The van der Waals surface area contributed by atoms with Crippen LogP contribution in [0.25, 0.3) is 28.0 Å². The molecule has 0 spiro atoms. The van der Waals surface area contributed by atoms with Crippen molar-refractivity contribution in [3.05, 3.63) is 100 Å². The van der Waals surface area contributed by atoms with E-state index in [1.807, 2.05) is 48.5 Å². The molecule has 1 N–H and O–H groups in total. The molecule has 186 valence electrons. The molecule has 0 saturated carbocycles. The molecule has 0 radical (unpaired) electrons. The Morgan fingerprint density at radius 3 is 2.16 bits per heavy atom. The second kappa shape index (κ2) is 9.90.